The van der Waals surface area contributed by atoms with Crippen LogP contribution in [0.5, 0.6) is 0 Å². The van der Waals surface area contributed by atoms with E-state index in [1.54, 1.807) is 0 Å². The fourth-order valence-electron chi connectivity index (χ4n) is 0.374. The summed E-state index contributed by atoms with van der Waals surface area (Å²) in [4.78, 5) is 10.4. The van der Waals surface area contributed by atoms with Crippen LogP contribution in [0.2, 0.25) is 0 Å². The molecule has 1 radical (unpaired) electrons. The van der Waals surface area contributed by atoms with Crippen molar-refractivity contribution in [3.05, 3.63) is 6.92 Å². The van der Waals surface area contributed by atoms with Gasteiger partial charge >= 0.3 is 5.97 Å². The highest BCUT2D eigenvalue weighted by Gasteiger charge is 2.22. The van der Waals surface area contributed by atoms with Crippen molar-refractivity contribution in [2.75, 3.05) is 0 Å². The van der Waals surface area contributed by atoms with Gasteiger partial charge < -0.3 is 4.74 Å². The zero-order valence-electron chi connectivity index (χ0n) is 7.10. The highest BCUT2D eigenvalue weighted by Crippen LogP contribution is 2.21. The Bertz CT molecular complexity index is 122. The van der Waals surface area contributed by atoms with Gasteiger partial charge in [0.25, 0.3) is 0 Å². The first-order valence-corrected chi connectivity index (χ1v) is 3.36. The number of carbonyl (C=O) groups is 1. The summed E-state index contributed by atoms with van der Waals surface area (Å²) >= 11 is 0. The minimum Gasteiger partial charge on any atom is -0.462 e. The molecule has 0 saturated carbocycles. The molecule has 0 aromatic carbocycles. The molecule has 0 fully saturated rings. The lowest BCUT2D eigenvalue weighted by Gasteiger charge is -2.26. The maximum Gasteiger partial charge on any atom is 0.306 e. The fourth-order valence-corrected chi connectivity index (χ4v) is 0.374. The molecule has 0 aromatic rings. The molecule has 2 nitrogen and oxygen atoms in total. The summed E-state index contributed by atoms with van der Waals surface area (Å²) in [6.45, 7) is 11.0. The smallest absolute Gasteiger partial charge is 0.306 e. The van der Waals surface area contributed by atoms with Crippen molar-refractivity contribution in [2.24, 2.45) is 5.41 Å². The Kier molecular flexibility index (Phi) is 2.88. The van der Waals surface area contributed by atoms with Gasteiger partial charge in [-0.1, -0.05) is 20.8 Å². The van der Waals surface area contributed by atoms with Crippen LogP contribution in [0, 0.1) is 12.3 Å². The average molecular weight is 143 g/mol. The third kappa shape index (κ3) is 3.49. The van der Waals surface area contributed by atoms with Crippen molar-refractivity contribution >= 4 is 5.97 Å². The summed E-state index contributed by atoms with van der Waals surface area (Å²) in [6.07, 6.45) is -0.0718. The Morgan fingerprint density at radius 3 is 2.00 bits per heavy atom. The minimum absolute atomic E-state index is 0.00729. The van der Waals surface area contributed by atoms with Gasteiger partial charge in [0, 0.05) is 0 Å². The van der Waals surface area contributed by atoms with E-state index in [0.29, 0.717) is 0 Å². The van der Waals surface area contributed by atoms with E-state index in [1.807, 2.05) is 27.7 Å². The second-order valence-corrected chi connectivity index (χ2v) is 3.50. The summed E-state index contributed by atoms with van der Waals surface area (Å²) in [7, 11) is 0. The van der Waals surface area contributed by atoms with Crippen molar-refractivity contribution in [1.29, 1.82) is 0 Å². The molecule has 0 bridgehead atoms. The predicted molar refractivity (Wildman–Crippen MR) is 40.4 cm³/mol. The van der Waals surface area contributed by atoms with Crippen molar-refractivity contribution in [3.8, 4) is 0 Å². The van der Waals surface area contributed by atoms with Crippen LogP contribution in [0.1, 0.15) is 27.7 Å². The Balaban J connectivity index is 3.85. The predicted octanol–water partition coefficient (Wildman–Crippen LogP) is 1.80. The normalized spacial score (nSPS) is 14.5. The average Bonchev–Trinajstić information content (AvgIpc) is 1.60. The van der Waals surface area contributed by atoms with Crippen LogP contribution in [-0.4, -0.2) is 12.1 Å². The number of rotatable bonds is 1. The lowest BCUT2D eigenvalue weighted by molar-refractivity contribution is -0.147. The summed E-state index contributed by atoms with van der Waals surface area (Å²) in [5.74, 6) is -0.456. The number of hydrogen-bond donors (Lipinski definition) is 0. The van der Waals surface area contributed by atoms with Crippen molar-refractivity contribution < 1.29 is 9.53 Å². The number of hydrogen-bond acceptors (Lipinski definition) is 2. The summed E-state index contributed by atoms with van der Waals surface area (Å²) < 4.78 is 4.86. The maximum atomic E-state index is 10.4. The Hall–Kier alpha value is -0.530. The lowest BCUT2D eigenvalue weighted by atomic mass is 9.90. The van der Waals surface area contributed by atoms with E-state index in [-0.39, 0.29) is 11.5 Å². The molecule has 0 N–H and O–H groups in total. The van der Waals surface area contributed by atoms with Crippen LogP contribution in [0.25, 0.3) is 0 Å². The molecule has 2 heteroatoms. The van der Waals surface area contributed by atoms with Crippen molar-refractivity contribution in [2.45, 2.75) is 33.8 Å². The molecule has 0 rings (SSSR count). The van der Waals surface area contributed by atoms with Crippen LogP contribution in [0.4, 0.5) is 0 Å². The maximum absolute atomic E-state index is 10.4. The van der Waals surface area contributed by atoms with E-state index in [9.17, 15) is 4.79 Å². The van der Waals surface area contributed by atoms with E-state index in [1.165, 1.54) is 0 Å². The van der Waals surface area contributed by atoms with Gasteiger partial charge in [0.15, 0.2) is 0 Å². The van der Waals surface area contributed by atoms with Crippen molar-refractivity contribution in [1.82, 2.24) is 0 Å². The van der Waals surface area contributed by atoms with Gasteiger partial charge in [0.1, 0.15) is 6.10 Å². The van der Waals surface area contributed by atoms with Gasteiger partial charge in [0.05, 0.1) is 6.92 Å². The van der Waals surface area contributed by atoms with Gasteiger partial charge in [0.2, 0.25) is 0 Å². The summed E-state index contributed by atoms with van der Waals surface area (Å²) in [6, 6.07) is 0. The topological polar surface area (TPSA) is 26.3 Å². The Morgan fingerprint density at radius 1 is 1.50 bits per heavy atom. The van der Waals surface area contributed by atoms with Gasteiger partial charge in [-0.2, -0.15) is 0 Å². The Labute approximate surface area is 62.6 Å². The molecule has 0 aliphatic heterocycles. The third-order valence-corrected chi connectivity index (χ3v) is 1.53. The quantitative estimate of drug-likeness (QED) is 0.523. The van der Waals surface area contributed by atoms with Crippen LogP contribution in [-0.2, 0) is 9.53 Å². The molecule has 1 atom stereocenters. The third-order valence-electron chi connectivity index (χ3n) is 1.53. The van der Waals surface area contributed by atoms with Gasteiger partial charge in [-0.05, 0) is 12.3 Å². The highest BCUT2D eigenvalue weighted by molar-refractivity contribution is 5.73. The zero-order valence-corrected chi connectivity index (χ0v) is 7.10. The SMILES string of the molecule is [CH2]C(=O)OC(C)C(C)(C)C. The molecule has 1 unspecified atom stereocenters. The largest absolute Gasteiger partial charge is 0.462 e. The first-order valence-electron chi connectivity index (χ1n) is 3.36. The number of carbonyl (C=O) groups excluding carboxylic acids is 1. The van der Waals surface area contributed by atoms with Gasteiger partial charge in [-0.15, -0.1) is 0 Å². The van der Waals surface area contributed by atoms with Crippen LogP contribution in [0.3, 0.4) is 0 Å². The summed E-state index contributed by atoms with van der Waals surface area (Å²) in [5, 5.41) is 0. The lowest BCUT2D eigenvalue weighted by Crippen LogP contribution is -2.27. The van der Waals surface area contributed by atoms with Crippen molar-refractivity contribution in [3.63, 3.8) is 0 Å². The number of esters is 1. The fraction of sp³-hybridized carbons (Fsp3) is 0.750. The van der Waals surface area contributed by atoms with E-state index >= 15 is 0 Å². The van der Waals surface area contributed by atoms with Crippen LogP contribution in [0.15, 0.2) is 0 Å². The molecular weight excluding hydrogens is 128 g/mol. The molecular formula is C8H15O2. The molecule has 0 saturated heterocycles. The summed E-state index contributed by atoms with van der Waals surface area (Å²) in [5.41, 5.74) is 0.00729. The van der Waals surface area contributed by atoms with E-state index in [4.69, 9.17) is 4.74 Å². The minimum atomic E-state index is -0.456. The van der Waals surface area contributed by atoms with E-state index < -0.39 is 5.97 Å². The van der Waals surface area contributed by atoms with Crippen LogP contribution >= 0.6 is 0 Å². The Morgan fingerprint density at radius 2 is 1.90 bits per heavy atom. The second-order valence-electron chi connectivity index (χ2n) is 3.50. The molecule has 0 aliphatic carbocycles. The molecule has 0 aromatic heterocycles. The molecule has 0 amide bonds. The van der Waals surface area contributed by atoms with Crippen LogP contribution < -0.4 is 0 Å². The van der Waals surface area contributed by atoms with Gasteiger partial charge in [-0.25, -0.2) is 0 Å². The van der Waals surface area contributed by atoms with E-state index in [2.05, 4.69) is 6.92 Å². The standard InChI is InChI=1S/C8H15O2/c1-6(8(3,4)5)10-7(2)9/h6H,2H2,1,3-5H3. The highest BCUT2D eigenvalue weighted by atomic mass is 16.5. The first kappa shape index (κ1) is 9.47. The van der Waals surface area contributed by atoms with E-state index in [0.717, 1.165) is 0 Å². The molecule has 0 heterocycles. The molecule has 59 valence electrons. The molecule has 0 aliphatic rings. The van der Waals surface area contributed by atoms with Gasteiger partial charge in [-0.3, -0.25) is 4.79 Å². The molecule has 10 heavy (non-hydrogen) atoms. The number of ether oxygens (including phenoxy) is 1. The molecule has 0 spiro atoms. The second kappa shape index (κ2) is 3.04. The first-order chi connectivity index (χ1) is 4.34. The zero-order chi connectivity index (χ0) is 8.36. The monoisotopic (exact) mass is 143 g/mol.